The van der Waals surface area contributed by atoms with E-state index in [0.29, 0.717) is 11.2 Å². The molecule has 0 bridgehead atoms. The number of aromatic nitrogens is 4. The van der Waals surface area contributed by atoms with Crippen LogP contribution in [-0.4, -0.2) is 72.8 Å². The number of ether oxygens (including phenoxy) is 1. The summed E-state index contributed by atoms with van der Waals surface area (Å²) < 4.78 is 7.23. The molecule has 4 heterocycles. The second-order valence-corrected chi connectivity index (χ2v) is 7.51. The minimum Gasteiger partial charge on any atom is -0.394 e. The van der Waals surface area contributed by atoms with E-state index in [2.05, 4.69) is 44.1 Å². The molecule has 0 saturated carbocycles. The lowest BCUT2D eigenvalue weighted by Crippen LogP contribution is -2.33. The Labute approximate surface area is 167 Å². The smallest absolute Gasteiger partial charge is 0.167 e. The van der Waals surface area contributed by atoms with E-state index >= 15 is 0 Å². The van der Waals surface area contributed by atoms with E-state index in [-0.39, 0.29) is 6.61 Å². The van der Waals surface area contributed by atoms with Crippen LogP contribution in [-0.2, 0) is 17.6 Å². The summed E-state index contributed by atoms with van der Waals surface area (Å²) in [5, 5.41) is 29.8. The van der Waals surface area contributed by atoms with Crippen molar-refractivity contribution in [2.45, 2.75) is 37.4 Å². The van der Waals surface area contributed by atoms with Crippen LogP contribution in [0, 0.1) is 0 Å². The maximum absolute atomic E-state index is 10.4. The molecule has 0 aliphatic carbocycles. The van der Waals surface area contributed by atoms with Gasteiger partial charge in [-0.3, -0.25) is 4.57 Å². The molecule has 5 rings (SSSR count). The summed E-state index contributed by atoms with van der Waals surface area (Å²) in [5.41, 5.74) is 3.86. The molecule has 9 nitrogen and oxygen atoms in total. The van der Waals surface area contributed by atoms with Crippen LogP contribution in [0.4, 0.5) is 5.82 Å². The van der Waals surface area contributed by atoms with Crippen LogP contribution < -0.4 is 4.90 Å². The Hall–Kier alpha value is -2.59. The van der Waals surface area contributed by atoms with Gasteiger partial charge in [-0.05, 0) is 24.0 Å². The van der Waals surface area contributed by atoms with Gasteiger partial charge in [0.2, 0.25) is 0 Å². The molecule has 9 heteroatoms. The number of hydrogen-bond acceptors (Lipinski definition) is 8. The van der Waals surface area contributed by atoms with Crippen LogP contribution in [0.2, 0.25) is 0 Å². The van der Waals surface area contributed by atoms with Crippen molar-refractivity contribution in [2.75, 3.05) is 24.6 Å². The fourth-order valence-corrected chi connectivity index (χ4v) is 4.25. The Balaban J connectivity index is 1.47. The van der Waals surface area contributed by atoms with Crippen LogP contribution in [0.1, 0.15) is 17.4 Å². The minimum atomic E-state index is -1.18. The molecule has 0 amide bonds. The van der Waals surface area contributed by atoms with Gasteiger partial charge in [0.25, 0.3) is 0 Å². The normalized spacial score (nSPS) is 27.2. The number of nitrogens with zero attached hydrogens (tertiary/aromatic N) is 5. The van der Waals surface area contributed by atoms with Crippen LogP contribution in [0.3, 0.4) is 0 Å². The predicted molar refractivity (Wildman–Crippen MR) is 104 cm³/mol. The molecule has 3 N–H and O–H groups in total. The van der Waals surface area contributed by atoms with Crippen LogP contribution in [0.15, 0.2) is 36.9 Å². The summed E-state index contributed by atoms with van der Waals surface area (Å²) in [4.78, 5) is 15.5. The van der Waals surface area contributed by atoms with Crippen molar-refractivity contribution >= 4 is 17.0 Å². The summed E-state index contributed by atoms with van der Waals surface area (Å²) in [6.07, 6.45) is 0.795. The lowest BCUT2D eigenvalue weighted by molar-refractivity contribution is -0.0511. The summed E-state index contributed by atoms with van der Waals surface area (Å²) in [6, 6.07) is 8.48. The van der Waals surface area contributed by atoms with E-state index in [1.165, 1.54) is 23.8 Å². The average Bonchev–Trinajstić information content (AvgIpc) is 3.21. The van der Waals surface area contributed by atoms with Gasteiger partial charge in [-0.2, -0.15) is 0 Å². The maximum Gasteiger partial charge on any atom is 0.167 e. The second-order valence-electron chi connectivity index (χ2n) is 7.51. The first-order valence-corrected chi connectivity index (χ1v) is 9.79. The number of anilines is 1. The summed E-state index contributed by atoms with van der Waals surface area (Å²) in [7, 11) is 0. The van der Waals surface area contributed by atoms with Crippen molar-refractivity contribution in [3.05, 3.63) is 48.0 Å². The number of benzene rings is 1. The van der Waals surface area contributed by atoms with E-state index in [1.54, 1.807) is 4.57 Å². The molecule has 0 radical (unpaired) electrons. The lowest BCUT2D eigenvalue weighted by Gasteiger charge is -2.21. The van der Waals surface area contributed by atoms with Crippen LogP contribution in [0.5, 0.6) is 0 Å². The minimum absolute atomic E-state index is 0.379. The molecule has 1 saturated heterocycles. The van der Waals surface area contributed by atoms with E-state index in [4.69, 9.17) is 4.74 Å². The summed E-state index contributed by atoms with van der Waals surface area (Å²) in [6.45, 7) is 1.27. The number of hydrogen-bond donors (Lipinski definition) is 3. The van der Waals surface area contributed by atoms with E-state index in [0.717, 1.165) is 31.7 Å². The average molecular weight is 397 g/mol. The van der Waals surface area contributed by atoms with Gasteiger partial charge in [-0.1, -0.05) is 24.3 Å². The Morgan fingerprint density at radius 2 is 1.72 bits per heavy atom. The zero-order chi connectivity index (χ0) is 20.0. The molecule has 1 fully saturated rings. The molecule has 2 aliphatic rings. The molecule has 152 valence electrons. The Morgan fingerprint density at radius 1 is 1.00 bits per heavy atom. The number of aliphatic hydroxyl groups excluding tert-OH is 3. The van der Waals surface area contributed by atoms with Crippen molar-refractivity contribution in [1.29, 1.82) is 0 Å². The molecule has 1 unspecified atom stereocenters. The van der Waals surface area contributed by atoms with Crippen molar-refractivity contribution in [1.82, 2.24) is 19.5 Å². The van der Waals surface area contributed by atoms with Gasteiger partial charge < -0.3 is 25.0 Å². The largest absolute Gasteiger partial charge is 0.394 e. The molecule has 2 aromatic heterocycles. The zero-order valence-electron chi connectivity index (χ0n) is 15.8. The SMILES string of the molecule is OC[C@H]1OC(n2cnc3c(N4CCc5ccccc5CC4)ncnc32)[C@H](O)[C@@H]1O. The molecular weight excluding hydrogens is 374 g/mol. The third-order valence-electron chi connectivity index (χ3n) is 5.85. The van der Waals surface area contributed by atoms with Gasteiger partial charge in [0.05, 0.1) is 12.9 Å². The summed E-state index contributed by atoms with van der Waals surface area (Å²) >= 11 is 0. The van der Waals surface area contributed by atoms with E-state index < -0.39 is 24.5 Å². The second kappa shape index (κ2) is 7.34. The van der Waals surface area contributed by atoms with Gasteiger partial charge in [0.15, 0.2) is 23.2 Å². The topological polar surface area (TPSA) is 117 Å². The van der Waals surface area contributed by atoms with E-state index in [1.807, 2.05) is 0 Å². The number of imidazole rings is 1. The summed E-state index contributed by atoms with van der Waals surface area (Å²) in [5.74, 6) is 0.744. The molecular formula is C20H23N5O4. The van der Waals surface area contributed by atoms with E-state index in [9.17, 15) is 15.3 Å². The number of rotatable bonds is 3. The molecule has 2 aliphatic heterocycles. The monoisotopic (exact) mass is 397 g/mol. The fourth-order valence-electron chi connectivity index (χ4n) is 4.25. The van der Waals surface area contributed by atoms with Crippen molar-refractivity contribution < 1.29 is 20.1 Å². The Morgan fingerprint density at radius 3 is 2.38 bits per heavy atom. The molecule has 0 spiro atoms. The van der Waals surface area contributed by atoms with Crippen LogP contribution in [0.25, 0.3) is 11.2 Å². The first-order chi connectivity index (χ1) is 14.2. The highest BCUT2D eigenvalue weighted by Gasteiger charge is 2.44. The first-order valence-electron chi connectivity index (χ1n) is 9.79. The predicted octanol–water partition coefficient (Wildman–Crippen LogP) is 0.0430. The van der Waals surface area contributed by atoms with Gasteiger partial charge in [-0.25, -0.2) is 15.0 Å². The molecule has 3 aromatic rings. The first kappa shape index (κ1) is 18.4. The van der Waals surface area contributed by atoms with Gasteiger partial charge in [-0.15, -0.1) is 0 Å². The highest BCUT2D eigenvalue weighted by molar-refractivity contribution is 5.83. The lowest BCUT2D eigenvalue weighted by atomic mass is 10.0. The standard InChI is InChI=1S/C20H23N5O4/c26-9-14-16(27)17(28)20(29-14)25-11-23-15-18(21-10-22-19(15)25)24-7-5-12-3-1-2-4-13(12)6-8-24/h1-4,10-11,14,16-17,20,26-28H,5-9H2/t14-,16-,17-,20?/m1/s1. The van der Waals surface area contributed by atoms with Crippen molar-refractivity contribution in [2.24, 2.45) is 0 Å². The number of aliphatic hydroxyl groups is 3. The zero-order valence-corrected chi connectivity index (χ0v) is 15.8. The van der Waals surface area contributed by atoms with Gasteiger partial charge in [0, 0.05) is 13.1 Å². The fraction of sp³-hybridized carbons (Fsp3) is 0.450. The quantitative estimate of drug-likeness (QED) is 0.567. The Kier molecular flexibility index (Phi) is 4.67. The highest BCUT2D eigenvalue weighted by atomic mass is 16.6. The van der Waals surface area contributed by atoms with Crippen molar-refractivity contribution in [3.8, 4) is 0 Å². The third kappa shape index (κ3) is 3.06. The third-order valence-corrected chi connectivity index (χ3v) is 5.85. The van der Waals surface area contributed by atoms with Crippen molar-refractivity contribution in [3.63, 3.8) is 0 Å². The van der Waals surface area contributed by atoms with Crippen LogP contribution >= 0.6 is 0 Å². The molecule has 1 aromatic carbocycles. The maximum atomic E-state index is 10.4. The van der Waals surface area contributed by atoms with Gasteiger partial charge in [0.1, 0.15) is 24.6 Å². The van der Waals surface area contributed by atoms with Gasteiger partial charge >= 0.3 is 0 Å². The number of fused-ring (bicyclic) bond motifs is 2. The molecule has 29 heavy (non-hydrogen) atoms. The highest BCUT2D eigenvalue weighted by Crippen LogP contribution is 2.33. The Bertz CT molecular complexity index is 998. The molecule has 4 atom stereocenters.